The van der Waals surface area contributed by atoms with E-state index in [1.807, 2.05) is 27.7 Å². The maximum atomic E-state index is 14.0. The molecule has 1 aliphatic rings. The summed E-state index contributed by atoms with van der Waals surface area (Å²) in [6.07, 6.45) is 0.538. The molecule has 0 saturated heterocycles. The van der Waals surface area contributed by atoms with Crippen molar-refractivity contribution < 1.29 is 23.1 Å². The van der Waals surface area contributed by atoms with Gasteiger partial charge in [0.1, 0.15) is 22.2 Å². The highest BCUT2D eigenvalue weighted by atomic mass is 32.1. The molecule has 2 N–H and O–H groups in total. The lowest BCUT2D eigenvalue weighted by Gasteiger charge is -2.42. The quantitative estimate of drug-likeness (QED) is 0.746. The van der Waals surface area contributed by atoms with Gasteiger partial charge in [-0.2, -0.15) is 0 Å². The number of esters is 1. The van der Waals surface area contributed by atoms with Gasteiger partial charge < -0.3 is 15.4 Å². The molecule has 0 bridgehead atoms. The summed E-state index contributed by atoms with van der Waals surface area (Å²) >= 11 is 1.21. The smallest absolute Gasteiger partial charge is 0.341 e. The summed E-state index contributed by atoms with van der Waals surface area (Å²) < 4.78 is 32.9. The van der Waals surface area contributed by atoms with Crippen LogP contribution in [0.2, 0.25) is 0 Å². The number of nitrogens with one attached hydrogen (secondary N) is 2. The predicted molar refractivity (Wildman–Crippen MR) is 104 cm³/mol. The zero-order valence-electron chi connectivity index (χ0n) is 16.3. The Labute approximate surface area is 166 Å². The Bertz CT molecular complexity index is 946. The first kappa shape index (κ1) is 20.4. The minimum atomic E-state index is -0.971. The number of hydrogen-bond acceptors (Lipinski definition) is 5. The molecule has 0 atom stereocenters. The van der Waals surface area contributed by atoms with Crippen LogP contribution >= 0.6 is 11.3 Å². The molecule has 2 heterocycles. The van der Waals surface area contributed by atoms with Crippen LogP contribution in [0.15, 0.2) is 18.2 Å². The van der Waals surface area contributed by atoms with E-state index in [2.05, 4.69) is 10.6 Å². The van der Waals surface area contributed by atoms with Crippen LogP contribution in [0.25, 0.3) is 0 Å². The lowest BCUT2D eigenvalue weighted by atomic mass is 9.81. The highest BCUT2D eigenvalue weighted by molar-refractivity contribution is 7.17. The third-order valence-corrected chi connectivity index (χ3v) is 6.12. The summed E-state index contributed by atoms with van der Waals surface area (Å²) in [5.74, 6) is -3.50. The lowest BCUT2D eigenvalue weighted by molar-refractivity contribution is 0.0600. The fourth-order valence-electron chi connectivity index (χ4n) is 3.81. The van der Waals surface area contributed by atoms with Gasteiger partial charge in [-0.05, 0) is 51.8 Å². The number of thiophene rings is 1. The van der Waals surface area contributed by atoms with Gasteiger partial charge in [0.2, 0.25) is 0 Å². The zero-order valence-corrected chi connectivity index (χ0v) is 17.1. The number of ether oxygens (including phenoxy) is 1. The fraction of sp³-hybridized carbons (Fsp3) is 0.400. The van der Waals surface area contributed by atoms with Gasteiger partial charge in [0.15, 0.2) is 0 Å². The molecule has 1 amide bonds. The third-order valence-electron chi connectivity index (χ3n) is 4.65. The number of rotatable bonds is 3. The predicted octanol–water partition coefficient (Wildman–Crippen LogP) is 4.22. The van der Waals surface area contributed by atoms with Crippen LogP contribution in [0.3, 0.4) is 0 Å². The van der Waals surface area contributed by atoms with Crippen molar-refractivity contribution in [2.45, 2.75) is 45.2 Å². The van der Waals surface area contributed by atoms with Gasteiger partial charge in [0, 0.05) is 16.0 Å². The van der Waals surface area contributed by atoms with Crippen LogP contribution in [-0.4, -0.2) is 24.5 Å². The van der Waals surface area contributed by atoms with Crippen LogP contribution < -0.4 is 10.6 Å². The minimum absolute atomic E-state index is 0.220. The molecule has 1 aromatic heterocycles. The Morgan fingerprint density at radius 3 is 2.32 bits per heavy atom. The first-order chi connectivity index (χ1) is 13.0. The summed E-state index contributed by atoms with van der Waals surface area (Å²) in [5.41, 5.74) is -0.441. The second-order valence-corrected chi connectivity index (χ2v) is 8.99. The number of benzene rings is 1. The molecule has 2 aromatic rings. The second kappa shape index (κ2) is 6.93. The summed E-state index contributed by atoms with van der Waals surface area (Å²) in [4.78, 5) is 25.9. The van der Waals surface area contributed by atoms with Gasteiger partial charge in [-0.1, -0.05) is 6.07 Å². The first-order valence-corrected chi connectivity index (χ1v) is 9.57. The Hall–Kier alpha value is -2.32. The molecule has 28 heavy (non-hydrogen) atoms. The van der Waals surface area contributed by atoms with Crippen LogP contribution in [0, 0.1) is 11.6 Å². The summed E-state index contributed by atoms with van der Waals surface area (Å²) in [6, 6.07) is 3.20. The summed E-state index contributed by atoms with van der Waals surface area (Å²) in [6.45, 7) is 7.99. The molecule has 1 aliphatic heterocycles. The number of halogens is 2. The molecule has 0 saturated carbocycles. The molecule has 0 radical (unpaired) electrons. The van der Waals surface area contributed by atoms with Crippen LogP contribution in [0.1, 0.15) is 58.9 Å². The number of hydrogen-bond donors (Lipinski definition) is 2. The van der Waals surface area contributed by atoms with Crippen molar-refractivity contribution in [1.29, 1.82) is 0 Å². The summed E-state index contributed by atoms with van der Waals surface area (Å²) in [5, 5.41) is 6.25. The fourth-order valence-corrected chi connectivity index (χ4v) is 5.07. The summed E-state index contributed by atoms with van der Waals surface area (Å²) in [7, 11) is 1.26. The largest absolute Gasteiger partial charge is 0.465 e. The average molecular weight is 408 g/mol. The van der Waals surface area contributed by atoms with E-state index in [1.54, 1.807) is 0 Å². The molecule has 0 unspecified atom stereocenters. The average Bonchev–Trinajstić information content (AvgIpc) is 2.90. The third kappa shape index (κ3) is 3.54. The molecule has 150 valence electrons. The standard InChI is InChI=1S/C20H22F2N2O3S/c1-19(2)9-10-13(18(26)27-5)17(28-15(10)20(3,4)24-19)23-16(25)14-11(21)7-6-8-12(14)22/h6-8,24H,9H2,1-5H3,(H,23,25). The Balaban J connectivity index is 2.11. The number of carbonyl (C=O) groups is 2. The van der Waals surface area contributed by atoms with Crippen LogP contribution in [-0.2, 0) is 16.7 Å². The number of fused-ring (bicyclic) bond motifs is 1. The van der Waals surface area contributed by atoms with Crippen molar-refractivity contribution >= 4 is 28.2 Å². The zero-order chi connectivity index (χ0) is 20.9. The van der Waals surface area contributed by atoms with Gasteiger partial charge >= 0.3 is 5.97 Å². The van der Waals surface area contributed by atoms with Gasteiger partial charge in [-0.25, -0.2) is 13.6 Å². The van der Waals surface area contributed by atoms with Crippen molar-refractivity contribution in [2.24, 2.45) is 0 Å². The van der Waals surface area contributed by atoms with Gasteiger partial charge in [0.25, 0.3) is 5.91 Å². The lowest BCUT2D eigenvalue weighted by Crippen LogP contribution is -2.55. The molecule has 3 rings (SSSR count). The van der Waals surface area contributed by atoms with Crippen LogP contribution in [0.4, 0.5) is 13.8 Å². The number of methoxy groups -OCH3 is 1. The van der Waals surface area contributed by atoms with E-state index in [4.69, 9.17) is 4.74 Å². The molecular formula is C20H22F2N2O3S. The van der Waals surface area contributed by atoms with Crippen molar-refractivity contribution in [3.63, 3.8) is 0 Å². The maximum Gasteiger partial charge on any atom is 0.341 e. The maximum absolute atomic E-state index is 14.0. The highest BCUT2D eigenvalue weighted by Crippen LogP contribution is 2.45. The Kier molecular flexibility index (Phi) is 5.05. The van der Waals surface area contributed by atoms with Crippen molar-refractivity contribution in [3.05, 3.63) is 51.4 Å². The Morgan fingerprint density at radius 2 is 1.75 bits per heavy atom. The van der Waals surface area contributed by atoms with E-state index in [0.717, 1.165) is 22.6 Å². The van der Waals surface area contributed by atoms with E-state index in [0.29, 0.717) is 6.42 Å². The van der Waals surface area contributed by atoms with E-state index in [-0.39, 0.29) is 16.1 Å². The van der Waals surface area contributed by atoms with Crippen LogP contribution in [0.5, 0.6) is 0 Å². The van der Waals surface area contributed by atoms with Gasteiger partial charge in [0.05, 0.1) is 12.7 Å². The van der Waals surface area contributed by atoms with E-state index in [9.17, 15) is 18.4 Å². The monoisotopic (exact) mass is 408 g/mol. The normalized spacial score (nSPS) is 17.0. The molecule has 5 nitrogen and oxygen atoms in total. The number of carbonyl (C=O) groups excluding carboxylic acids is 2. The van der Waals surface area contributed by atoms with Crippen molar-refractivity contribution in [3.8, 4) is 0 Å². The molecular weight excluding hydrogens is 386 g/mol. The minimum Gasteiger partial charge on any atom is -0.465 e. The van der Waals surface area contributed by atoms with E-state index >= 15 is 0 Å². The number of anilines is 1. The van der Waals surface area contributed by atoms with Crippen molar-refractivity contribution in [1.82, 2.24) is 5.32 Å². The highest BCUT2D eigenvalue weighted by Gasteiger charge is 2.42. The van der Waals surface area contributed by atoms with Gasteiger partial charge in [-0.15, -0.1) is 11.3 Å². The number of amides is 1. The first-order valence-electron chi connectivity index (χ1n) is 8.76. The van der Waals surface area contributed by atoms with E-state index in [1.165, 1.54) is 24.5 Å². The Morgan fingerprint density at radius 1 is 1.14 bits per heavy atom. The molecule has 8 heteroatoms. The SMILES string of the molecule is COC(=O)c1c(NC(=O)c2c(F)cccc2F)sc2c1CC(C)(C)NC2(C)C. The molecule has 0 fully saturated rings. The molecule has 1 aromatic carbocycles. The second-order valence-electron chi connectivity index (χ2n) is 7.97. The van der Waals surface area contributed by atoms with Gasteiger partial charge in [-0.3, -0.25) is 4.79 Å². The van der Waals surface area contributed by atoms with E-state index < -0.39 is 34.6 Å². The molecule has 0 spiro atoms. The molecule has 0 aliphatic carbocycles. The topological polar surface area (TPSA) is 67.4 Å². The van der Waals surface area contributed by atoms with Crippen molar-refractivity contribution in [2.75, 3.05) is 12.4 Å².